The van der Waals surface area contributed by atoms with E-state index in [9.17, 15) is 4.79 Å². The third kappa shape index (κ3) is 5.11. The number of nitrogens with one attached hydrogen (secondary N) is 2. The summed E-state index contributed by atoms with van der Waals surface area (Å²) in [6.45, 7) is 9.34. The number of hydrogen-bond donors (Lipinski definition) is 2. The first-order chi connectivity index (χ1) is 7.37. The van der Waals surface area contributed by atoms with Crippen molar-refractivity contribution in [2.75, 3.05) is 6.54 Å². The van der Waals surface area contributed by atoms with Gasteiger partial charge in [-0.15, -0.1) is 11.3 Å². The number of hydrogen-bond acceptors (Lipinski definition) is 3. The largest absolute Gasteiger partial charge is 0.338 e. The summed E-state index contributed by atoms with van der Waals surface area (Å²) >= 11 is 1.59. The zero-order valence-corrected chi connectivity index (χ0v) is 11.1. The van der Waals surface area contributed by atoms with Gasteiger partial charge in [0.2, 0.25) is 0 Å². The fourth-order valence-electron chi connectivity index (χ4n) is 1.07. The molecule has 0 fully saturated rings. The van der Waals surface area contributed by atoms with E-state index in [0.717, 1.165) is 10.7 Å². The quantitative estimate of drug-likeness (QED) is 0.853. The molecule has 0 saturated heterocycles. The lowest BCUT2D eigenvalue weighted by Crippen LogP contribution is -2.39. The van der Waals surface area contributed by atoms with Crippen molar-refractivity contribution in [3.63, 3.8) is 0 Å². The average molecular weight is 241 g/mol. The van der Waals surface area contributed by atoms with Crippen LogP contribution in [0.3, 0.4) is 0 Å². The van der Waals surface area contributed by atoms with Crippen LogP contribution in [0.2, 0.25) is 0 Å². The molecule has 0 saturated carbocycles. The van der Waals surface area contributed by atoms with E-state index in [1.807, 2.05) is 12.3 Å². The van der Waals surface area contributed by atoms with Crippen molar-refractivity contribution in [3.8, 4) is 0 Å². The summed E-state index contributed by atoms with van der Waals surface area (Å²) in [5, 5.41) is 8.58. The van der Waals surface area contributed by atoms with Crippen molar-refractivity contribution < 1.29 is 4.79 Å². The topological polar surface area (TPSA) is 54.0 Å². The molecule has 0 atom stereocenters. The normalized spacial score (nSPS) is 11.2. The second-order valence-corrected chi connectivity index (χ2v) is 6.02. The van der Waals surface area contributed by atoms with E-state index in [0.29, 0.717) is 13.1 Å². The van der Waals surface area contributed by atoms with Crippen LogP contribution in [0.4, 0.5) is 4.79 Å². The molecular formula is C11H19N3OS. The molecule has 4 nitrogen and oxygen atoms in total. The van der Waals surface area contributed by atoms with Crippen LogP contribution in [0.25, 0.3) is 0 Å². The second kappa shape index (κ2) is 5.30. The summed E-state index contributed by atoms with van der Waals surface area (Å²) in [4.78, 5) is 15.7. The molecule has 0 bridgehead atoms. The first kappa shape index (κ1) is 13.0. The molecule has 0 aromatic carbocycles. The highest BCUT2D eigenvalue weighted by molar-refractivity contribution is 7.09. The molecule has 1 aromatic rings. The van der Waals surface area contributed by atoms with Crippen molar-refractivity contribution in [3.05, 3.63) is 16.1 Å². The van der Waals surface area contributed by atoms with E-state index >= 15 is 0 Å². The van der Waals surface area contributed by atoms with E-state index in [-0.39, 0.29) is 11.4 Å². The summed E-state index contributed by atoms with van der Waals surface area (Å²) in [5.74, 6) is 0. The number of thiazole rings is 1. The molecule has 1 aromatic heterocycles. The Labute approximate surface area is 100 Å². The number of rotatable bonds is 3. The Hall–Kier alpha value is -1.10. The minimum atomic E-state index is -0.138. The van der Waals surface area contributed by atoms with Crippen LogP contribution in [0, 0.1) is 12.3 Å². The minimum absolute atomic E-state index is 0.106. The van der Waals surface area contributed by atoms with Crippen LogP contribution in [0.5, 0.6) is 0 Å². The van der Waals surface area contributed by atoms with E-state index in [1.165, 1.54) is 0 Å². The first-order valence-corrected chi connectivity index (χ1v) is 6.17. The van der Waals surface area contributed by atoms with Crippen molar-refractivity contribution in [1.82, 2.24) is 15.6 Å². The summed E-state index contributed by atoms with van der Waals surface area (Å²) in [5.41, 5.74) is 1.02. The Kier molecular flexibility index (Phi) is 4.29. The van der Waals surface area contributed by atoms with E-state index in [1.54, 1.807) is 11.3 Å². The van der Waals surface area contributed by atoms with Gasteiger partial charge >= 0.3 is 6.03 Å². The minimum Gasteiger partial charge on any atom is -0.338 e. The number of urea groups is 1. The Morgan fingerprint density at radius 2 is 2.12 bits per heavy atom. The monoisotopic (exact) mass is 241 g/mol. The fraction of sp³-hybridized carbons (Fsp3) is 0.636. The van der Waals surface area contributed by atoms with Gasteiger partial charge < -0.3 is 10.6 Å². The molecule has 0 aliphatic heterocycles. The van der Waals surface area contributed by atoms with Crippen LogP contribution in [-0.4, -0.2) is 17.6 Å². The molecule has 90 valence electrons. The summed E-state index contributed by atoms with van der Waals surface area (Å²) in [6, 6.07) is -0.138. The molecular weight excluding hydrogens is 222 g/mol. The van der Waals surface area contributed by atoms with Gasteiger partial charge in [-0.2, -0.15) is 0 Å². The molecule has 2 amide bonds. The van der Waals surface area contributed by atoms with Crippen molar-refractivity contribution in [2.24, 2.45) is 5.41 Å². The Morgan fingerprint density at radius 1 is 1.44 bits per heavy atom. The van der Waals surface area contributed by atoms with Crippen molar-refractivity contribution in [1.29, 1.82) is 0 Å². The molecule has 2 N–H and O–H groups in total. The van der Waals surface area contributed by atoms with Gasteiger partial charge in [0, 0.05) is 11.9 Å². The highest BCUT2D eigenvalue weighted by Crippen LogP contribution is 2.10. The predicted octanol–water partition coefficient (Wildman–Crippen LogP) is 2.30. The fourth-order valence-corrected chi connectivity index (χ4v) is 1.68. The number of aromatic nitrogens is 1. The van der Waals surface area contributed by atoms with Crippen LogP contribution >= 0.6 is 11.3 Å². The Bertz CT molecular complexity index is 354. The highest BCUT2D eigenvalue weighted by Gasteiger charge is 2.11. The van der Waals surface area contributed by atoms with Crippen molar-refractivity contribution in [2.45, 2.75) is 34.2 Å². The summed E-state index contributed by atoms with van der Waals surface area (Å²) in [7, 11) is 0. The van der Waals surface area contributed by atoms with Crippen LogP contribution < -0.4 is 10.6 Å². The molecule has 0 aliphatic carbocycles. The van der Waals surface area contributed by atoms with Gasteiger partial charge in [0.15, 0.2) is 0 Å². The highest BCUT2D eigenvalue weighted by atomic mass is 32.1. The molecule has 5 heteroatoms. The average Bonchev–Trinajstić information content (AvgIpc) is 2.57. The zero-order valence-electron chi connectivity index (χ0n) is 10.3. The van der Waals surface area contributed by atoms with Gasteiger partial charge in [0.1, 0.15) is 0 Å². The summed E-state index contributed by atoms with van der Waals surface area (Å²) in [6.07, 6.45) is 0. The smallest absolute Gasteiger partial charge is 0.315 e. The summed E-state index contributed by atoms with van der Waals surface area (Å²) < 4.78 is 0. The maximum atomic E-state index is 11.4. The van der Waals surface area contributed by atoms with E-state index < -0.39 is 0 Å². The van der Waals surface area contributed by atoms with Crippen LogP contribution in [0.1, 0.15) is 31.5 Å². The predicted molar refractivity (Wildman–Crippen MR) is 66.5 cm³/mol. The zero-order chi connectivity index (χ0) is 12.2. The van der Waals surface area contributed by atoms with Crippen LogP contribution in [-0.2, 0) is 6.54 Å². The van der Waals surface area contributed by atoms with Crippen LogP contribution in [0.15, 0.2) is 5.38 Å². The lowest BCUT2D eigenvalue weighted by atomic mass is 9.97. The molecule has 16 heavy (non-hydrogen) atoms. The van der Waals surface area contributed by atoms with Gasteiger partial charge in [0.25, 0.3) is 0 Å². The first-order valence-electron chi connectivity index (χ1n) is 5.29. The Morgan fingerprint density at radius 3 is 2.62 bits per heavy atom. The standard InChI is InChI=1S/C11H19N3OS/c1-8-14-9(6-16-8)5-12-10(15)13-7-11(2,3)4/h6H,5,7H2,1-4H3,(H2,12,13,15). The third-order valence-corrected chi connectivity index (χ3v) is 2.70. The Balaban J connectivity index is 2.25. The third-order valence-electron chi connectivity index (χ3n) is 1.88. The maximum Gasteiger partial charge on any atom is 0.315 e. The number of aryl methyl sites for hydroxylation is 1. The molecule has 1 rings (SSSR count). The number of nitrogens with zero attached hydrogens (tertiary/aromatic N) is 1. The SMILES string of the molecule is Cc1nc(CNC(=O)NCC(C)(C)C)cs1. The molecule has 0 spiro atoms. The number of amides is 2. The molecule has 0 unspecified atom stereocenters. The number of carbonyl (C=O) groups is 1. The van der Waals surface area contributed by atoms with E-state index in [4.69, 9.17) is 0 Å². The second-order valence-electron chi connectivity index (χ2n) is 4.95. The van der Waals surface area contributed by atoms with Gasteiger partial charge in [-0.3, -0.25) is 0 Å². The lowest BCUT2D eigenvalue weighted by Gasteiger charge is -2.18. The van der Waals surface area contributed by atoms with Crippen molar-refractivity contribution >= 4 is 17.4 Å². The van der Waals surface area contributed by atoms with Gasteiger partial charge in [-0.05, 0) is 12.3 Å². The van der Waals surface area contributed by atoms with Gasteiger partial charge in [-0.1, -0.05) is 20.8 Å². The van der Waals surface area contributed by atoms with Gasteiger partial charge in [-0.25, -0.2) is 9.78 Å². The van der Waals surface area contributed by atoms with E-state index in [2.05, 4.69) is 36.4 Å². The lowest BCUT2D eigenvalue weighted by molar-refractivity contribution is 0.235. The van der Waals surface area contributed by atoms with Gasteiger partial charge in [0.05, 0.1) is 17.2 Å². The molecule has 1 heterocycles. The molecule has 0 radical (unpaired) electrons. The number of carbonyl (C=O) groups excluding carboxylic acids is 1. The maximum absolute atomic E-state index is 11.4. The molecule has 0 aliphatic rings.